The van der Waals surface area contributed by atoms with Crippen LogP contribution in [-0.2, 0) is 14.3 Å². The number of amides is 2. The maximum absolute atomic E-state index is 11.7. The van der Waals surface area contributed by atoms with Crippen molar-refractivity contribution in [2.75, 3.05) is 34.5 Å². The molecule has 0 aliphatic carbocycles. The van der Waals surface area contributed by atoms with Crippen LogP contribution in [0.2, 0.25) is 0 Å². The molecular formula is C17H23N3O6. The van der Waals surface area contributed by atoms with E-state index in [-0.39, 0.29) is 6.10 Å². The molecule has 9 heteroatoms. The zero-order valence-electron chi connectivity index (χ0n) is 15.0. The molecule has 1 aliphatic rings. The van der Waals surface area contributed by atoms with Crippen molar-refractivity contribution in [1.82, 2.24) is 10.7 Å². The Hall–Kier alpha value is -2.81. The summed E-state index contributed by atoms with van der Waals surface area (Å²) in [5.41, 5.74) is 2.77. The lowest BCUT2D eigenvalue weighted by Gasteiger charge is -2.12. The van der Waals surface area contributed by atoms with Crippen LogP contribution in [0.1, 0.15) is 18.4 Å². The topological polar surface area (TPSA) is 107 Å². The summed E-state index contributed by atoms with van der Waals surface area (Å²) in [6.45, 7) is 0.995. The van der Waals surface area contributed by atoms with Crippen molar-refractivity contribution >= 4 is 18.0 Å². The molecule has 142 valence electrons. The molecule has 0 unspecified atom stereocenters. The molecule has 26 heavy (non-hydrogen) atoms. The SMILES string of the molecule is COc1cc(/C=N\NC(=O)C(=O)NC[C@@H]2CCCO2)cc(OC)c1OC. The van der Waals surface area contributed by atoms with Crippen LogP contribution in [0.5, 0.6) is 17.2 Å². The molecule has 1 atom stereocenters. The molecule has 1 aliphatic heterocycles. The molecule has 0 saturated carbocycles. The van der Waals surface area contributed by atoms with Gasteiger partial charge in [0.15, 0.2) is 11.5 Å². The highest BCUT2D eigenvalue weighted by Gasteiger charge is 2.19. The first-order chi connectivity index (χ1) is 12.6. The van der Waals surface area contributed by atoms with Gasteiger partial charge in [-0.2, -0.15) is 5.10 Å². The monoisotopic (exact) mass is 365 g/mol. The van der Waals surface area contributed by atoms with Gasteiger partial charge in [-0.1, -0.05) is 0 Å². The minimum atomic E-state index is -0.855. The molecule has 1 aromatic carbocycles. The number of rotatable bonds is 7. The van der Waals surface area contributed by atoms with Gasteiger partial charge in [-0.15, -0.1) is 0 Å². The van der Waals surface area contributed by atoms with Crippen LogP contribution in [0, 0.1) is 0 Å². The van der Waals surface area contributed by atoms with Crippen LogP contribution < -0.4 is 25.0 Å². The largest absolute Gasteiger partial charge is 0.493 e. The van der Waals surface area contributed by atoms with Gasteiger partial charge in [0.25, 0.3) is 0 Å². The lowest BCUT2D eigenvalue weighted by Crippen LogP contribution is -2.41. The number of benzene rings is 1. The van der Waals surface area contributed by atoms with Crippen molar-refractivity contribution < 1.29 is 28.5 Å². The van der Waals surface area contributed by atoms with Gasteiger partial charge in [-0.05, 0) is 25.0 Å². The fourth-order valence-corrected chi connectivity index (χ4v) is 2.48. The first-order valence-electron chi connectivity index (χ1n) is 8.11. The van der Waals surface area contributed by atoms with E-state index in [0.29, 0.717) is 36.0 Å². The Morgan fingerprint density at radius 1 is 1.19 bits per heavy atom. The average Bonchev–Trinajstić information content (AvgIpc) is 3.18. The standard InChI is InChI=1S/C17H23N3O6/c1-23-13-7-11(8-14(24-2)15(13)25-3)9-19-20-17(22)16(21)18-10-12-5-4-6-26-12/h7-9,12H,4-6,10H2,1-3H3,(H,18,21)(H,20,22)/b19-9-/t12-/m0/s1. The van der Waals surface area contributed by atoms with Gasteiger partial charge in [0.05, 0.1) is 33.6 Å². The summed E-state index contributed by atoms with van der Waals surface area (Å²) < 4.78 is 21.1. The summed E-state index contributed by atoms with van der Waals surface area (Å²) >= 11 is 0. The van der Waals surface area contributed by atoms with E-state index in [1.807, 2.05) is 0 Å². The maximum atomic E-state index is 11.7. The van der Waals surface area contributed by atoms with E-state index in [4.69, 9.17) is 18.9 Å². The highest BCUT2D eigenvalue weighted by molar-refractivity contribution is 6.35. The van der Waals surface area contributed by atoms with E-state index in [2.05, 4.69) is 15.8 Å². The van der Waals surface area contributed by atoms with Crippen molar-refractivity contribution in [1.29, 1.82) is 0 Å². The van der Waals surface area contributed by atoms with E-state index in [1.165, 1.54) is 27.5 Å². The molecule has 2 N–H and O–H groups in total. The van der Waals surface area contributed by atoms with Gasteiger partial charge >= 0.3 is 11.8 Å². The van der Waals surface area contributed by atoms with Crippen molar-refractivity contribution in [3.8, 4) is 17.2 Å². The third-order valence-electron chi connectivity index (χ3n) is 3.79. The van der Waals surface area contributed by atoms with Crippen LogP contribution in [0.25, 0.3) is 0 Å². The first-order valence-corrected chi connectivity index (χ1v) is 8.11. The number of carbonyl (C=O) groups excluding carboxylic acids is 2. The highest BCUT2D eigenvalue weighted by Crippen LogP contribution is 2.37. The fraction of sp³-hybridized carbons (Fsp3) is 0.471. The predicted molar refractivity (Wildman–Crippen MR) is 93.8 cm³/mol. The third kappa shape index (κ3) is 5.09. The van der Waals surface area contributed by atoms with E-state index < -0.39 is 11.8 Å². The molecule has 0 spiro atoms. The lowest BCUT2D eigenvalue weighted by atomic mass is 10.2. The van der Waals surface area contributed by atoms with Crippen molar-refractivity contribution in [3.05, 3.63) is 17.7 Å². The van der Waals surface area contributed by atoms with Crippen LogP contribution in [0.15, 0.2) is 17.2 Å². The van der Waals surface area contributed by atoms with Crippen molar-refractivity contribution in [2.45, 2.75) is 18.9 Å². The van der Waals surface area contributed by atoms with Gasteiger partial charge in [0.1, 0.15) is 0 Å². The summed E-state index contributed by atoms with van der Waals surface area (Å²) in [7, 11) is 4.50. The second-order valence-electron chi connectivity index (χ2n) is 5.50. The zero-order chi connectivity index (χ0) is 18.9. The molecule has 2 amide bonds. The van der Waals surface area contributed by atoms with Gasteiger partial charge in [0, 0.05) is 18.7 Å². The minimum absolute atomic E-state index is 0.0329. The normalized spacial score (nSPS) is 16.3. The Bertz CT molecular complexity index is 645. The molecule has 1 heterocycles. The molecule has 1 aromatic rings. The predicted octanol–water partition coefficient (Wildman–Crippen LogP) is 0.458. The second-order valence-corrected chi connectivity index (χ2v) is 5.50. The number of ether oxygens (including phenoxy) is 4. The molecule has 0 bridgehead atoms. The number of nitrogens with one attached hydrogen (secondary N) is 2. The van der Waals surface area contributed by atoms with Crippen molar-refractivity contribution in [3.63, 3.8) is 0 Å². The summed E-state index contributed by atoms with van der Waals surface area (Å²) in [6, 6.07) is 3.32. The third-order valence-corrected chi connectivity index (χ3v) is 3.79. The molecule has 1 fully saturated rings. The Kier molecular flexibility index (Phi) is 7.22. The summed E-state index contributed by atoms with van der Waals surface area (Å²) in [5, 5.41) is 6.30. The summed E-state index contributed by atoms with van der Waals surface area (Å²) in [4.78, 5) is 23.5. The zero-order valence-corrected chi connectivity index (χ0v) is 15.0. The van der Waals surface area contributed by atoms with Gasteiger partial charge < -0.3 is 24.3 Å². The van der Waals surface area contributed by atoms with Crippen LogP contribution in [0.3, 0.4) is 0 Å². The molecule has 1 saturated heterocycles. The number of hydrazone groups is 1. The summed E-state index contributed by atoms with van der Waals surface area (Å²) in [5.74, 6) is -0.262. The lowest BCUT2D eigenvalue weighted by molar-refractivity contribution is -0.139. The number of carbonyl (C=O) groups is 2. The Morgan fingerprint density at radius 2 is 1.88 bits per heavy atom. The number of methoxy groups -OCH3 is 3. The minimum Gasteiger partial charge on any atom is -0.493 e. The Labute approximate surface area is 151 Å². The molecule has 0 aromatic heterocycles. The van der Waals surface area contributed by atoms with E-state index in [1.54, 1.807) is 12.1 Å². The Morgan fingerprint density at radius 3 is 2.42 bits per heavy atom. The van der Waals surface area contributed by atoms with Crippen LogP contribution in [-0.4, -0.2) is 58.6 Å². The van der Waals surface area contributed by atoms with E-state index >= 15 is 0 Å². The maximum Gasteiger partial charge on any atom is 0.329 e. The second kappa shape index (κ2) is 9.62. The number of hydrogen-bond donors (Lipinski definition) is 2. The average molecular weight is 365 g/mol. The number of nitrogens with zero attached hydrogens (tertiary/aromatic N) is 1. The van der Waals surface area contributed by atoms with Crippen LogP contribution >= 0.6 is 0 Å². The summed E-state index contributed by atoms with van der Waals surface area (Å²) in [6.07, 6.45) is 3.18. The Balaban J connectivity index is 1.92. The fourth-order valence-electron chi connectivity index (χ4n) is 2.48. The molecule has 0 radical (unpaired) electrons. The van der Waals surface area contributed by atoms with E-state index in [9.17, 15) is 9.59 Å². The van der Waals surface area contributed by atoms with Gasteiger partial charge in [-0.3, -0.25) is 9.59 Å². The molecular weight excluding hydrogens is 342 g/mol. The van der Waals surface area contributed by atoms with Gasteiger partial charge in [-0.25, -0.2) is 5.43 Å². The smallest absolute Gasteiger partial charge is 0.329 e. The highest BCUT2D eigenvalue weighted by atomic mass is 16.5. The van der Waals surface area contributed by atoms with E-state index in [0.717, 1.165) is 12.8 Å². The van der Waals surface area contributed by atoms with Gasteiger partial charge in [0.2, 0.25) is 5.75 Å². The van der Waals surface area contributed by atoms with Crippen LogP contribution in [0.4, 0.5) is 0 Å². The van der Waals surface area contributed by atoms with Crippen molar-refractivity contribution in [2.24, 2.45) is 5.10 Å². The molecule has 9 nitrogen and oxygen atoms in total. The molecule has 2 rings (SSSR count). The number of hydrogen-bond acceptors (Lipinski definition) is 7. The quantitative estimate of drug-likeness (QED) is 0.413. The first kappa shape index (κ1) is 19.5.